The van der Waals surface area contributed by atoms with Gasteiger partial charge in [0, 0.05) is 26.7 Å². The molecule has 0 aromatic carbocycles. The first-order valence-corrected chi connectivity index (χ1v) is 5.97. The Morgan fingerprint density at radius 3 is 2.59 bits per heavy atom. The minimum atomic E-state index is -0.514. The van der Waals surface area contributed by atoms with E-state index >= 15 is 0 Å². The Balaban J connectivity index is 2.24. The summed E-state index contributed by atoms with van der Waals surface area (Å²) in [7, 11) is 1.57. The Labute approximate surface area is 102 Å². The summed E-state index contributed by atoms with van der Waals surface area (Å²) in [5.74, 6) is -0.186. The predicted molar refractivity (Wildman–Crippen MR) is 63.7 cm³/mol. The first-order chi connectivity index (χ1) is 8.15. The number of carbonyl (C=O) groups is 2. The van der Waals surface area contributed by atoms with Gasteiger partial charge < -0.3 is 20.3 Å². The molecule has 1 rings (SSSR count). The van der Waals surface area contributed by atoms with E-state index in [1.54, 1.807) is 18.9 Å². The number of urea groups is 1. The summed E-state index contributed by atoms with van der Waals surface area (Å²) < 4.78 is 4.82. The van der Waals surface area contributed by atoms with E-state index in [0.717, 1.165) is 25.9 Å². The quantitative estimate of drug-likeness (QED) is 0.665. The van der Waals surface area contributed by atoms with Crippen molar-refractivity contribution < 1.29 is 14.3 Å². The van der Waals surface area contributed by atoms with Crippen LogP contribution in [0.2, 0.25) is 0 Å². The van der Waals surface area contributed by atoms with Gasteiger partial charge in [0.1, 0.15) is 6.04 Å². The monoisotopic (exact) mass is 243 g/mol. The van der Waals surface area contributed by atoms with Gasteiger partial charge in [0.05, 0.1) is 6.61 Å². The van der Waals surface area contributed by atoms with Gasteiger partial charge in [-0.2, -0.15) is 0 Å². The first kappa shape index (κ1) is 13.8. The number of hydrogen-bond acceptors (Lipinski definition) is 3. The van der Waals surface area contributed by atoms with Crippen LogP contribution in [-0.4, -0.2) is 56.2 Å². The minimum Gasteiger partial charge on any atom is -0.383 e. The molecule has 2 N–H and O–H groups in total. The maximum Gasteiger partial charge on any atom is 0.318 e. The zero-order valence-corrected chi connectivity index (χ0v) is 10.5. The molecule has 0 aromatic heterocycles. The molecule has 1 fully saturated rings. The number of ether oxygens (including phenoxy) is 1. The van der Waals surface area contributed by atoms with Crippen LogP contribution in [0.3, 0.4) is 0 Å². The summed E-state index contributed by atoms with van der Waals surface area (Å²) in [4.78, 5) is 25.0. The van der Waals surface area contributed by atoms with E-state index in [1.165, 1.54) is 0 Å². The maximum atomic E-state index is 11.7. The molecule has 1 atom stereocenters. The fourth-order valence-corrected chi connectivity index (χ4v) is 1.69. The topological polar surface area (TPSA) is 70.7 Å². The largest absolute Gasteiger partial charge is 0.383 e. The molecule has 0 aromatic rings. The van der Waals surface area contributed by atoms with Crippen molar-refractivity contribution in [2.24, 2.45) is 0 Å². The van der Waals surface area contributed by atoms with Crippen LogP contribution in [0.15, 0.2) is 0 Å². The third-order valence-electron chi connectivity index (χ3n) is 2.73. The molecule has 0 spiro atoms. The summed E-state index contributed by atoms with van der Waals surface area (Å²) in [6.45, 7) is 4.17. The van der Waals surface area contributed by atoms with Crippen LogP contribution in [0.4, 0.5) is 4.79 Å². The van der Waals surface area contributed by atoms with Gasteiger partial charge in [-0.25, -0.2) is 4.79 Å². The standard InChI is InChI=1S/C11H21N3O3/c1-9(10(15)12-5-8-17-2)13-11(16)14-6-3-4-7-14/h9H,3-8H2,1-2H3,(H,12,15)(H,13,16). The molecule has 0 aliphatic carbocycles. The molecule has 1 saturated heterocycles. The highest BCUT2D eigenvalue weighted by atomic mass is 16.5. The van der Waals surface area contributed by atoms with Crippen molar-refractivity contribution >= 4 is 11.9 Å². The maximum absolute atomic E-state index is 11.7. The molecular formula is C11H21N3O3. The molecule has 1 aliphatic rings. The number of hydrogen-bond donors (Lipinski definition) is 2. The first-order valence-electron chi connectivity index (χ1n) is 5.97. The van der Waals surface area contributed by atoms with Gasteiger partial charge >= 0.3 is 6.03 Å². The van der Waals surface area contributed by atoms with E-state index in [9.17, 15) is 9.59 Å². The Hall–Kier alpha value is -1.30. The average molecular weight is 243 g/mol. The molecular weight excluding hydrogens is 222 g/mol. The summed E-state index contributed by atoms with van der Waals surface area (Å²) in [6.07, 6.45) is 2.09. The van der Waals surface area contributed by atoms with Crippen LogP contribution in [0.25, 0.3) is 0 Å². The zero-order valence-electron chi connectivity index (χ0n) is 10.5. The van der Waals surface area contributed by atoms with Crippen LogP contribution >= 0.6 is 0 Å². The second-order valence-corrected chi connectivity index (χ2v) is 4.15. The van der Waals surface area contributed by atoms with Crippen molar-refractivity contribution in [2.75, 3.05) is 33.4 Å². The number of nitrogens with zero attached hydrogens (tertiary/aromatic N) is 1. The Morgan fingerprint density at radius 2 is 2.00 bits per heavy atom. The lowest BCUT2D eigenvalue weighted by Gasteiger charge is -2.20. The van der Waals surface area contributed by atoms with Crippen molar-refractivity contribution in [3.8, 4) is 0 Å². The van der Waals surface area contributed by atoms with Gasteiger partial charge in [-0.05, 0) is 19.8 Å². The fourth-order valence-electron chi connectivity index (χ4n) is 1.69. The Morgan fingerprint density at radius 1 is 1.35 bits per heavy atom. The molecule has 1 unspecified atom stereocenters. The van der Waals surface area contributed by atoms with Crippen LogP contribution in [0, 0.1) is 0 Å². The molecule has 6 nitrogen and oxygen atoms in total. The van der Waals surface area contributed by atoms with Gasteiger partial charge in [0.2, 0.25) is 5.91 Å². The fraction of sp³-hybridized carbons (Fsp3) is 0.818. The lowest BCUT2D eigenvalue weighted by Crippen LogP contribution is -2.49. The number of carbonyl (C=O) groups excluding carboxylic acids is 2. The van der Waals surface area contributed by atoms with E-state index in [2.05, 4.69) is 10.6 Å². The lowest BCUT2D eigenvalue weighted by molar-refractivity contribution is -0.122. The summed E-state index contributed by atoms with van der Waals surface area (Å²) in [6, 6.07) is -0.670. The predicted octanol–water partition coefficient (Wildman–Crippen LogP) is -0.0571. The Bertz CT molecular complexity index is 265. The molecule has 0 saturated carbocycles. The normalized spacial score (nSPS) is 16.7. The second kappa shape index (κ2) is 7.11. The van der Waals surface area contributed by atoms with Crippen LogP contribution in [0.5, 0.6) is 0 Å². The highest BCUT2D eigenvalue weighted by molar-refractivity contribution is 5.86. The van der Waals surface area contributed by atoms with E-state index in [1.807, 2.05) is 0 Å². The SMILES string of the molecule is COCCNC(=O)C(C)NC(=O)N1CCCC1. The van der Waals surface area contributed by atoms with Crippen LogP contribution in [0.1, 0.15) is 19.8 Å². The number of methoxy groups -OCH3 is 1. The smallest absolute Gasteiger partial charge is 0.318 e. The number of amides is 3. The third-order valence-corrected chi connectivity index (χ3v) is 2.73. The number of nitrogens with one attached hydrogen (secondary N) is 2. The van der Waals surface area contributed by atoms with Gasteiger partial charge in [-0.3, -0.25) is 4.79 Å². The van der Waals surface area contributed by atoms with E-state index in [0.29, 0.717) is 13.2 Å². The molecule has 98 valence electrons. The van der Waals surface area contributed by atoms with E-state index < -0.39 is 6.04 Å². The highest BCUT2D eigenvalue weighted by Crippen LogP contribution is 2.07. The molecule has 0 radical (unpaired) electrons. The van der Waals surface area contributed by atoms with Gasteiger partial charge in [0.25, 0.3) is 0 Å². The Kier molecular flexibility index (Phi) is 5.76. The van der Waals surface area contributed by atoms with Gasteiger partial charge in [0.15, 0.2) is 0 Å². The molecule has 1 heterocycles. The zero-order chi connectivity index (χ0) is 12.7. The second-order valence-electron chi connectivity index (χ2n) is 4.15. The molecule has 1 aliphatic heterocycles. The van der Waals surface area contributed by atoms with Crippen molar-refractivity contribution in [1.82, 2.24) is 15.5 Å². The van der Waals surface area contributed by atoms with Gasteiger partial charge in [-0.1, -0.05) is 0 Å². The van der Waals surface area contributed by atoms with Crippen molar-refractivity contribution in [3.05, 3.63) is 0 Å². The van der Waals surface area contributed by atoms with E-state index in [4.69, 9.17) is 4.74 Å². The summed E-state index contributed by atoms with van der Waals surface area (Å²) >= 11 is 0. The third kappa shape index (κ3) is 4.60. The summed E-state index contributed by atoms with van der Waals surface area (Å²) in [5, 5.41) is 5.36. The van der Waals surface area contributed by atoms with Crippen LogP contribution in [-0.2, 0) is 9.53 Å². The summed E-state index contributed by atoms with van der Waals surface area (Å²) in [5.41, 5.74) is 0. The molecule has 17 heavy (non-hydrogen) atoms. The number of rotatable bonds is 5. The molecule has 3 amide bonds. The van der Waals surface area contributed by atoms with Crippen molar-refractivity contribution in [3.63, 3.8) is 0 Å². The van der Waals surface area contributed by atoms with Gasteiger partial charge in [-0.15, -0.1) is 0 Å². The average Bonchev–Trinajstić information content (AvgIpc) is 2.82. The van der Waals surface area contributed by atoms with Crippen LogP contribution < -0.4 is 10.6 Å². The number of likely N-dealkylation sites (tertiary alicyclic amines) is 1. The van der Waals surface area contributed by atoms with E-state index in [-0.39, 0.29) is 11.9 Å². The highest BCUT2D eigenvalue weighted by Gasteiger charge is 2.21. The minimum absolute atomic E-state index is 0.156. The van der Waals surface area contributed by atoms with Crippen molar-refractivity contribution in [2.45, 2.75) is 25.8 Å². The molecule has 6 heteroatoms. The van der Waals surface area contributed by atoms with Crippen molar-refractivity contribution in [1.29, 1.82) is 0 Å². The molecule has 0 bridgehead atoms. The lowest BCUT2D eigenvalue weighted by atomic mass is 10.3.